The van der Waals surface area contributed by atoms with Crippen LogP contribution in [0.2, 0.25) is 0 Å². The maximum Gasteiger partial charge on any atom is 0.326 e. The van der Waals surface area contributed by atoms with Crippen molar-refractivity contribution in [2.45, 2.75) is 211 Å². The maximum atomic E-state index is 15.7. The average Bonchev–Trinajstić information content (AvgIpc) is 1.64. The minimum absolute atomic E-state index is 0.0482. The molecule has 24 N–H and O–H groups in total. The van der Waals surface area contributed by atoms with Crippen molar-refractivity contribution in [2.24, 2.45) is 45.5 Å². The molecule has 1 fully saturated rings. The van der Waals surface area contributed by atoms with E-state index in [2.05, 4.69) is 73.5 Å². The van der Waals surface area contributed by atoms with E-state index < -0.39 is 211 Å². The van der Waals surface area contributed by atoms with Crippen LogP contribution in [0.4, 0.5) is 0 Å². The van der Waals surface area contributed by atoms with Crippen LogP contribution in [-0.2, 0) is 78.3 Å². The lowest BCUT2D eigenvalue weighted by molar-refractivity contribution is -0.144. The summed E-state index contributed by atoms with van der Waals surface area (Å²) in [5.41, 5.74) is 33.2. The van der Waals surface area contributed by atoms with Crippen LogP contribution in [0.5, 0.6) is 0 Å². The minimum atomic E-state index is -1.95. The van der Waals surface area contributed by atoms with Crippen molar-refractivity contribution in [1.29, 1.82) is 0 Å². The van der Waals surface area contributed by atoms with Crippen LogP contribution >= 0.6 is 23.5 Å². The molecule has 5 rings (SSSR count). The van der Waals surface area contributed by atoms with Gasteiger partial charge in [0.25, 0.3) is 0 Å². The van der Waals surface area contributed by atoms with E-state index in [1.807, 2.05) is 32.9 Å². The summed E-state index contributed by atoms with van der Waals surface area (Å²) in [6.07, 6.45) is 4.00. The Balaban J connectivity index is 1.50. The number of guanidine groups is 1. The summed E-state index contributed by atoms with van der Waals surface area (Å²) in [4.78, 5) is 216. The molecule has 2 aromatic carbocycles. The molecule has 13 amide bonds. The number of hydrogen-bond acceptors (Lipinski definition) is 22. The zero-order chi connectivity index (χ0) is 85.7. The Morgan fingerprint density at radius 3 is 1.73 bits per heavy atom. The number of benzene rings is 2. The Kier molecular flexibility index (Phi) is 37.7. The number of nitrogens with one attached hydrogen (secondary N) is 11. The number of carbonyl (C=O) groups excluding carboxylic acids is 13. The van der Waals surface area contributed by atoms with Gasteiger partial charge in [0.15, 0.2) is 5.96 Å². The molecule has 0 aliphatic carbocycles. The van der Waals surface area contributed by atoms with Crippen LogP contribution in [0.3, 0.4) is 0 Å². The number of primary amides is 2. The predicted octanol–water partition coefficient (Wildman–Crippen LogP) is -2.72. The lowest BCUT2D eigenvalue weighted by Gasteiger charge is -2.33. The monoisotopic (exact) mass is 1650 g/mol. The lowest BCUT2D eigenvalue weighted by atomic mass is 9.96. The van der Waals surface area contributed by atoms with E-state index in [0.29, 0.717) is 46.5 Å². The predicted molar refractivity (Wildman–Crippen MR) is 428 cm³/mol. The van der Waals surface area contributed by atoms with Gasteiger partial charge < -0.3 is 107 Å². The molecule has 15 atom stereocenters. The second-order valence-corrected chi connectivity index (χ2v) is 30.6. The first-order valence-corrected chi connectivity index (χ1v) is 40.5. The molecular weight excluding hydrogens is 1540 g/mol. The molecule has 41 heteroatoms. The van der Waals surface area contributed by atoms with Gasteiger partial charge in [-0.2, -0.15) is 23.5 Å². The fourth-order valence-electron chi connectivity index (χ4n) is 12.6. The molecule has 0 unspecified atom stereocenters. The van der Waals surface area contributed by atoms with Gasteiger partial charge in [0.2, 0.25) is 76.8 Å². The number of carbonyl (C=O) groups is 15. The van der Waals surface area contributed by atoms with Crippen LogP contribution in [0.25, 0.3) is 22.2 Å². The van der Waals surface area contributed by atoms with Gasteiger partial charge in [0.05, 0.1) is 37.7 Å². The Bertz CT molecular complexity index is 4160. The number of aliphatic hydroxyl groups excluding tert-OH is 1. The summed E-state index contributed by atoms with van der Waals surface area (Å²) in [6, 6.07) is -8.89. The van der Waals surface area contributed by atoms with Crippen LogP contribution in [0, 0.1) is 32.6 Å². The van der Waals surface area contributed by atoms with Gasteiger partial charge in [-0.05, 0) is 130 Å². The number of aromatic amines is 1. The molecule has 0 saturated carbocycles. The molecule has 4 aromatic rings. The smallest absolute Gasteiger partial charge is 0.326 e. The van der Waals surface area contributed by atoms with Crippen LogP contribution in [0.15, 0.2) is 53.8 Å². The molecule has 0 spiro atoms. The van der Waals surface area contributed by atoms with Gasteiger partial charge in [0.1, 0.15) is 72.2 Å². The Morgan fingerprint density at radius 1 is 0.609 bits per heavy atom. The number of likely N-dealkylation sites (tertiary alicyclic amines) is 1. The van der Waals surface area contributed by atoms with Crippen LogP contribution < -0.4 is 81.8 Å². The number of fused-ring (bicyclic) bond motifs is 1. The van der Waals surface area contributed by atoms with E-state index in [1.165, 1.54) is 35.1 Å². The van der Waals surface area contributed by atoms with Gasteiger partial charge in [0, 0.05) is 55.0 Å². The maximum absolute atomic E-state index is 15.7. The van der Waals surface area contributed by atoms with E-state index in [1.54, 1.807) is 76.9 Å². The Labute approximate surface area is 673 Å². The van der Waals surface area contributed by atoms with E-state index in [0.717, 1.165) is 27.2 Å². The number of rotatable bonds is 48. The Hall–Kier alpha value is -10.9. The largest absolute Gasteiger partial charge is 0.481 e. The zero-order valence-corrected chi connectivity index (χ0v) is 67.8. The number of aliphatic imine (C=N–C) groups is 1. The first-order valence-electron chi connectivity index (χ1n) is 37.7. The van der Waals surface area contributed by atoms with E-state index in [-0.39, 0.29) is 57.6 Å². The summed E-state index contributed by atoms with van der Waals surface area (Å²) in [6.45, 7) is 12.3. The second-order valence-electron chi connectivity index (χ2n) is 28.6. The number of aliphatic carboxylic acids is 2. The number of aliphatic hydroxyl groups is 1. The number of aromatic nitrogens is 4. The first-order chi connectivity index (χ1) is 54.4. The third-order valence-electron chi connectivity index (χ3n) is 19.9. The number of thioether (sulfide) groups is 2. The third kappa shape index (κ3) is 28.5. The van der Waals surface area contributed by atoms with Crippen molar-refractivity contribution in [1.82, 2.24) is 78.0 Å². The number of para-hydroxylation sites is 1. The first kappa shape index (κ1) is 94.7. The molecule has 115 heavy (non-hydrogen) atoms. The fraction of sp³-hybridized carbons (Fsp3) is 0.568. The van der Waals surface area contributed by atoms with Crippen molar-refractivity contribution in [3.05, 3.63) is 71.0 Å². The topological polar surface area (TPSA) is 629 Å². The number of nitrogens with zero attached hydrogens (tertiary/aromatic N) is 5. The number of carboxylic acids is 2. The molecule has 39 nitrogen and oxygen atoms in total. The van der Waals surface area contributed by atoms with Crippen molar-refractivity contribution in [3.8, 4) is 11.3 Å². The molecule has 1 saturated heterocycles. The lowest BCUT2D eigenvalue weighted by Crippen LogP contribution is -2.62. The van der Waals surface area contributed by atoms with E-state index >= 15 is 14.4 Å². The minimum Gasteiger partial charge on any atom is -0.481 e. The number of aryl methyl sites for hydroxylation is 3. The van der Waals surface area contributed by atoms with E-state index in [9.17, 15) is 72.9 Å². The fourth-order valence-corrected chi connectivity index (χ4v) is 13.6. The Morgan fingerprint density at radius 2 is 1.13 bits per heavy atom. The summed E-state index contributed by atoms with van der Waals surface area (Å²) < 4.78 is 1.46. The molecule has 3 heterocycles. The second kappa shape index (κ2) is 45.8. The summed E-state index contributed by atoms with van der Waals surface area (Å²) >= 11 is 2.70. The van der Waals surface area contributed by atoms with Gasteiger partial charge in [-0.15, -0.1) is 5.10 Å². The van der Waals surface area contributed by atoms with Gasteiger partial charge in [-0.25, -0.2) is 9.48 Å². The molecule has 1 aliphatic rings. The van der Waals surface area contributed by atoms with Crippen molar-refractivity contribution < 1.29 is 87.2 Å². The van der Waals surface area contributed by atoms with Gasteiger partial charge in [-0.3, -0.25) is 72.1 Å². The normalized spacial score (nSPS) is 16.6. The highest BCUT2D eigenvalue weighted by Gasteiger charge is 2.46. The summed E-state index contributed by atoms with van der Waals surface area (Å²) in [5.74, 6) is -17.0. The number of hydrogen-bond donors (Lipinski definition) is 19. The molecule has 2 aromatic heterocycles. The molecular formula is C74H111N21O18S2. The number of nitrogens with two attached hydrogens (primary N) is 5. The molecule has 0 bridgehead atoms. The van der Waals surface area contributed by atoms with Gasteiger partial charge in [-0.1, -0.05) is 70.0 Å². The SMILES string of the molecule is CC[C@H](C)[C@H](NC(=O)[C@@H](N)CCCN=C(N)N)C(=O)N[C@@H](CC(N)=O)C(=O)N[C@@H](CC(N)=O)C(=O)N[C@H](C(=O)N1C[C@@H](n2cc(-c3cc(C)c(C)cc3C)nn2)C[C@H]1C(=O)N[C@@H](Cc1c[nH]c2ccccc12)C(=O)N[C@@H](CO)C(=O)N[C@@H](CCC(=O)O)C(=O)N[C@@H](C)C(=O)N[C@@H](CCSC)C(=O)N[C@@H](CCSC)C(=O)O)[C@@H](C)CC. The molecule has 632 valence electrons. The summed E-state index contributed by atoms with van der Waals surface area (Å²) in [7, 11) is 0. The molecule has 1 aliphatic heterocycles. The summed E-state index contributed by atoms with van der Waals surface area (Å²) in [5, 5.41) is 64.8. The molecule has 0 radical (unpaired) electrons. The highest BCUT2D eigenvalue weighted by molar-refractivity contribution is 7.98. The van der Waals surface area contributed by atoms with Crippen molar-refractivity contribution >= 4 is 129 Å². The highest BCUT2D eigenvalue weighted by Crippen LogP contribution is 2.32. The highest BCUT2D eigenvalue weighted by atomic mass is 32.2. The van der Waals surface area contributed by atoms with Crippen LogP contribution in [0.1, 0.15) is 134 Å². The number of carboxylic acid groups (broad SMARTS) is 2. The average molecular weight is 1650 g/mol. The van der Waals surface area contributed by atoms with Crippen molar-refractivity contribution in [3.63, 3.8) is 0 Å². The van der Waals surface area contributed by atoms with Crippen molar-refractivity contribution in [2.75, 3.05) is 43.7 Å². The van der Waals surface area contributed by atoms with Crippen LogP contribution in [-0.4, -0.2) is 251 Å². The number of amides is 13. The third-order valence-corrected chi connectivity index (χ3v) is 21.2. The zero-order valence-electron chi connectivity index (χ0n) is 66.2. The standard InChI is InChI=1S/C74H111N21O18S2/c1-11-36(3)60(90-63(102)46(75)17-15-23-80-74(78)79)71(110)88-52(30-57(76)97)67(106)86-53(31-58(77)98)68(107)91-61(37(4)12-2)72(111)94-33-43(95-34-54(92-93-95)45-27-39(6)38(5)26-40(45)7)29-56(94)70(109)87-51(28-42-32-81-47-18-14-13-16-44(42)47)66(105)89-55(35-96)69(108)84-48(19-20-59(99)100)64(103)82-41(8)62(101)83-49(21-24-114-9)65(104)85-50(73(112)113)22-25-115-10/h13-14,16,18,26-27,32,34,36-37,41,43,46,48-53,55-56,60-61,81,96H,11-12,15,17,19-25,28-31,33,35,75H2,1-10H3,(H2,76,97)(H2,77,98)(H,82,103)(H,83,101)(H,84,108)(H,85,104)(H,86,106)(H,87,109)(H,88,110)(H,89,105)(H,90,102)(H,91,107)(H,99,100)(H,112,113)(H4,78,79,80)/t36-,37-,41-,43-,46-,48-,49-,50-,51-,52-,53-,55-,56-,60-,61-/m0/s1. The number of H-pyrrole nitrogens is 1. The van der Waals surface area contributed by atoms with Gasteiger partial charge >= 0.3 is 11.9 Å². The van der Waals surface area contributed by atoms with E-state index in [4.69, 9.17) is 28.7 Å². The quantitative estimate of drug-likeness (QED) is 0.0121.